The van der Waals surface area contributed by atoms with Crippen LogP contribution in [0, 0.1) is 11.3 Å². The summed E-state index contributed by atoms with van der Waals surface area (Å²) in [5.41, 5.74) is 0.163. The van der Waals surface area contributed by atoms with Gasteiger partial charge in [0.05, 0.1) is 24.9 Å². The van der Waals surface area contributed by atoms with E-state index >= 15 is 0 Å². The number of unbranched alkanes of at least 4 members (excludes halogenated alkanes) is 1. The van der Waals surface area contributed by atoms with E-state index in [9.17, 15) is 19.6 Å². The molecule has 7 nitrogen and oxygen atoms in total. The SMILES string of the molecule is CCCC[C@H](CN(O)C=O)C(=O)N[C@H](C(=O)Cc1ccccn1)C(C)(C)C. The standard InChI is InChI=1S/C20H31N3O4/c1-5-6-9-15(13-23(27)14-24)19(26)22-18(20(2,3)4)17(25)12-16-10-7-8-11-21-16/h7-8,10-11,14-15,18,27H,5-6,9,12-13H2,1-4H3,(H,22,26)/t15-,18-/m1/s1. The van der Waals surface area contributed by atoms with Crippen molar-refractivity contribution in [3.05, 3.63) is 30.1 Å². The van der Waals surface area contributed by atoms with Crippen LogP contribution in [0.4, 0.5) is 0 Å². The zero-order valence-electron chi connectivity index (χ0n) is 16.6. The van der Waals surface area contributed by atoms with E-state index in [-0.39, 0.29) is 31.1 Å². The van der Waals surface area contributed by atoms with Gasteiger partial charge in [0.1, 0.15) is 0 Å². The van der Waals surface area contributed by atoms with Crippen LogP contribution in [0.2, 0.25) is 0 Å². The maximum absolute atomic E-state index is 12.8. The van der Waals surface area contributed by atoms with E-state index in [0.29, 0.717) is 17.2 Å². The van der Waals surface area contributed by atoms with Crippen molar-refractivity contribution in [3.63, 3.8) is 0 Å². The van der Waals surface area contributed by atoms with Crippen LogP contribution in [0.3, 0.4) is 0 Å². The Morgan fingerprint density at radius 1 is 1.33 bits per heavy atom. The molecular formula is C20H31N3O4. The summed E-state index contributed by atoms with van der Waals surface area (Å²) in [6.45, 7) is 7.57. The van der Waals surface area contributed by atoms with Gasteiger partial charge in [0, 0.05) is 11.9 Å². The van der Waals surface area contributed by atoms with Crippen molar-refractivity contribution in [2.45, 2.75) is 59.4 Å². The highest BCUT2D eigenvalue weighted by molar-refractivity contribution is 5.91. The number of ketones is 1. The fourth-order valence-electron chi connectivity index (χ4n) is 2.85. The molecule has 0 saturated carbocycles. The van der Waals surface area contributed by atoms with Gasteiger partial charge in [-0.3, -0.25) is 24.6 Å². The molecule has 0 aliphatic heterocycles. The first kappa shape index (κ1) is 22.8. The maximum Gasteiger partial charge on any atom is 0.233 e. The summed E-state index contributed by atoms with van der Waals surface area (Å²) in [6, 6.07) is 4.68. The normalized spacial score (nSPS) is 13.5. The highest BCUT2D eigenvalue weighted by Gasteiger charge is 2.34. The Morgan fingerprint density at radius 3 is 2.56 bits per heavy atom. The molecule has 0 fully saturated rings. The lowest BCUT2D eigenvalue weighted by Gasteiger charge is -2.32. The third-order valence-corrected chi connectivity index (χ3v) is 4.36. The summed E-state index contributed by atoms with van der Waals surface area (Å²) in [7, 11) is 0. The van der Waals surface area contributed by atoms with Crippen molar-refractivity contribution < 1.29 is 19.6 Å². The molecule has 1 heterocycles. The Hall–Kier alpha value is -2.28. The zero-order valence-corrected chi connectivity index (χ0v) is 16.6. The number of nitrogens with one attached hydrogen (secondary N) is 1. The van der Waals surface area contributed by atoms with E-state index in [2.05, 4.69) is 10.3 Å². The van der Waals surface area contributed by atoms with Gasteiger partial charge in [-0.2, -0.15) is 0 Å². The summed E-state index contributed by atoms with van der Waals surface area (Å²) in [5, 5.41) is 12.8. The first-order valence-corrected chi connectivity index (χ1v) is 9.32. The quantitative estimate of drug-likeness (QED) is 0.350. The van der Waals surface area contributed by atoms with E-state index in [1.807, 2.05) is 33.8 Å². The number of Topliss-reactive ketones (excluding diaryl/α,β-unsaturated/α-hetero) is 1. The van der Waals surface area contributed by atoms with Crippen LogP contribution < -0.4 is 5.32 Å². The fraction of sp³-hybridized carbons (Fsp3) is 0.600. The van der Waals surface area contributed by atoms with Gasteiger partial charge in [0.25, 0.3) is 0 Å². The number of carbonyl (C=O) groups is 3. The molecule has 0 unspecified atom stereocenters. The Balaban J connectivity index is 2.90. The van der Waals surface area contributed by atoms with Gasteiger partial charge in [-0.1, -0.05) is 46.6 Å². The van der Waals surface area contributed by atoms with Crippen LogP contribution in [-0.2, 0) is 20.8 Å². The van der Waals surface area contributed by atoms with Crippen molar-refractivity contribution in [2.24, 2.45) is 11.3 Å². The third-order valence-electron chi connectivity index (χ3n) is 4.36. The highest BCUT2D eigenvalue weighted by Crippen LogP contribution is 2.22. The van der Waals surface area contributed by atoms with E-state index < -0.39 is 17.4 Å². The number of hydroxylamine groups is 2. The van der Waals surface area contributed by atoms with Gasteiger partial charge >= 0.3 is 0 Å². The molecule has 0 radical (unpaired) electrons. The minimum Gasteiger partial charge on any atom is -0.345 e. The van der Waals surface area contributed by atoms with Crippen molar-refractivity contribution in [1.82, 2.24) is 15.4 Å². The summed E-state index contributed by atoms with van der Waals surface area (Å²) >= 11 is 0. The summed E-state index contributed by atoms with van der Waals surface area (Å²) in [6.07, 6.45) is 4.23. The molecule has 0 aliphatic rings. The lowest BCUT2D eigenvalue weighted by molar-refractivity contribution is -0.155. The monoisotopic (exact) mass is 377 g/mol. The second kappa shape index (κ2) is 10.8. The average molecular weight is 377 g/mol. The minimum atomic E-state index is -0.695. The van der Waals surface area contributed by atoms with Gasteiger partial charge in [0.15, 0.2) is 5.78 Å². The highest BCUT2D eigenvalue weighted by atomic mass is 16.5. The lowest BCUT2D eigenvalue weighted by Crippen LogP contribution is -2.52. The van der Waals surface area contributed by atoms with E-state index in [0.717, 1.165) is 12.8 Å². The molecule has 1 aromatic rings. The van der Waals surface area contributed by atoms with Crippen LogP contribution in [0.1, 0.15) is 52.7 Å². The molecule has 0 bridgehead atoms. The van der Waals surface area contributed by atoms with Crippen LogP contribution in [0.15, 0.2) is 24.4 Å². The third kappa shape index (κ3) is 7.86. The van der Waals surface area contributed by atoms with Gasteiger partial charge in [-0.25, -0.2) is 5.06 Å². The lowest BCUT2D eigenvalue weighted by atomic mass is 9.82. The predicted octanol–water partition coefficient (Wildman–Crippen LogP) is 2.38. The molecule has 0 aliphatic carbocycles. The Kier molecular flexibility index (Phi) is 9.08. The van der Waals surface area contributed by atoms with Crippen LogP contribution in [0.25, 0.3) is 0 Å². The number of hydrogen-bond donors (Lipinski definition) is 2. The maximum atomic E-state index is 12.8. The van der Waals surface area contributed by atoms with Gasteiger partial charge < -0.3 is 5.32 Å². The van der Waals surface area contributed by atoms with Crippen LogP contribution in [-0.4, -0.2) is 45.9 Å². The van der Waals surface area contributed by atoms with Gasteiger partial charge in [-0.05, 0) is 24.0 Å². The predicted molar refractivity (Wildman–Crippen MR) is 102 cm³/mol. The van der Waals surface area contributed by atoms with Gasteiger partial charge in [-0.15, -0.1) is 0 Å². The molecule has 7 heteroatoms. The molecule has 1 aromatic heterocycles. The number of rotatable bonds is 11. The molecule has 27 heavy (non-hydrogen) atoms. The molecule has 150 valence electrons. The summed E-state index contributed by atoms with van der Waals surface area (Å²) < 4.78 is 0. The van der Waals surface area contributed by atoms with E-state index in [1.165, 1.54) is 0 Å². The number of hydrogen-bond acceptors (Lipinski definition) is 5. The fourth-order valence-corrected chi connectivity index (χ4v) is 2.85. The van der Waals surface area contributed by atoms with Crippen molar-refractivity contribution >= 4 is 18.1 Å². The largest absolute Gasteiger partial charge is 0.345 e. The van der Waals surface area contributed by atoms with Crippen molar-refractivity contribution in [1.29, 1.82) is 0 Å². The average Bonchev–Trinajstić information content (AvgIpc) is 2.62. The molecule has 2 atom stereocenters. The number of amides is 2. The van der Waals surface area contributed by atoms with Crippen molar-refractivity contribution in [2.75, 3.05) is 6.54 Å². The van der Waals surface area contributed by atoms with Crippen LogP contribution in [0.5, 0.6) is 0 Å². The number of pyridine rings is 1. The van der Waals surface area contributed by atoms with Gasteiger partial charge in [0.2, 0.25) is 12.3 Å². The number of aromatic nitrogens is 1. The zero-order chi connectivity index (χ0) is 20.4. The second-order valence-electron chi connectivity index (χ2n) is 7.84. The number of carbonyl (C=O) groups excluding carboxylic acids is 3. The minimum absolute atomic E-state index is 0.0966. The summed E-state index contributed by atoms with van der Waals surface area (Å²) in [4.78, 5) is 40.5. The Bertz CT molecular complexity index is 613. The molecule has 0 spiro atoms. The van der Waals surface area contributed by atoms with E-state index in [1.54, 1.807) is 18.3 Å². The molecule has 2 N–H and O–H groups in total. The first-order chi connectivity index (χ1) is 12.7. The Morgan fingerprint density at radius 2 is 2.04 bits per heavy atom. The topological polar surface area (TPSA) is 99.6 Å². The Labute approximate surface area is 161 Å². The molecule has 0 aromatic carbocycles. The smallest absolute Gasteiger partial charge is 0.233 e. The molecule has 2 amide bonds. The van der Waals surface area contributed by atoms with E-state index in [4.69, 9.17) is 0 Å². The summed E-state index contributed by atoms with van der Waals surface area (Å²) in [5.74, 6) is -1.04. The molecule has 0 saturated heterocycles. The second-order valence-corrected chi connectivity index (χ2v) is 7.84. The van der Waals surface area contributed by atoms with Crippen LogP contribution >= 0.6 is 0 Å². The number of nitrogens with zero attached hydrogens (tertiary/aromatic N) is 2. The molecular weight excluding hydrogens is 346 g/mol. The first-order valence-electron chi connectivity index (χ1n) is 9.32. The van der Waals surface area contributed by atoms with Crippen molar-refractivity contribution in [3.8, 4) is 0 Å². The molecule has 1 rings (SSSR count).